The Morgan fingerprint density at radius 3 is 2.72 bits per heavy atom. The molecule has 1 saturated heterocycles. The highest BCUT2D eigenvalue weighted by Crippen LogP contribution is 2.32. The third kappa shape index (κ3) is 3.03. The summed E-state index contributed by atoms with van der Waals surface area (Å²) in [4.78, 5) is 15.0. The first-order valence-electron chi connectivity index (χ1n) is 8.43. The number of hydrogen-bond acceptors (Lipinski definition) is 2. The SMILES string of the molecule is Cn1cc(C2C(=O)NCCN2Cc2ccc(Cl)cc2)c2ccccc21. The minimum Gasteiger partial charge on any atom is -0.353 e. The lowest BCUT2D eigenvalue weighted by Crippen LogP contribution is -2.49. The zero-order chi connectivity index (χ0) is 17.4. The van der Waals surface area contributed by atoms with Gasteiger partial charge in [0.2, 0.25) is 5.91 Å². The maximum Gasteiger partial charge on any atom is 0.242 e. The van der Waals surface area contributed by atoms with Gasteiger partial charge in [-0.15, -0.1) is 0 Å². The van der Waals surface area contributed by atoms with E-state index in [4.69, 9.17) is 11.6 Å². The molecule has 2 aromatic carbocycles. The van der Waals surface area contributed by atoms with Gasteiger partial charge in [0, 0.05) is 54.4 Å². The van der Waals surface area contributed by atoms with Gasteiger partial charge in [-0.05, 0) is 23.8 Å². The Balaban J connectivity index is 1.73. The molecule has 1 aliphatic heterocycles. The molecule has 1 unspecified atom stereocenters. The Kier molecular flexibility index (Phi) is 4.24. The van der Waals surface area contributed by atoms with E-state index in [1.807, 2.05) is 43.4 Å². The number of fused-ring (bicyclic) bond motifs is 1. The van der Waals surface area contributed by atoms with Crippen LogP contribution < -0.4 is 5.32 Å². The summed E-state index contributed by atoms with van der Waals surface area (Å²) in [7, 11) is 2.02. The summed E-state index contributed by atoms with van der Waals surface area (Å²) in [5, 5.41) is 4.88. The lowest BCUT2D eigenvalue weighted by atomic mass is 10.0. The highest BCUT2D eigenvalue weighted by atomic mass is 35.5. The molecular weight excluding hydrogens is 334 g/mol. The lowest BCUT2D eigenvalue weighted by Gasteiger charge is -2.35. The van der Waals surface area contributed by atoms with E-state index in [0.717, 1.165) is 40.1 Å². The van der Waals surface area contributed by atoms with Crippen LogP contribution in [0.15, 0.2) is 54.7 Å². The van der Waals surface area contributed by atoms with Crippen molar-refractivity contribution in [3.05, 3.63) is 70.9 Å². The largest absolute Gasteiger partial charge is 0.353 e. The molecule has 1 aromatic heterocycles. The van der Waals surface area contributed by atoms with Crippen molar-refractivity contribution < 1.29 is 4.79 Å². The Morgan fingerprint density at radius 2 is 1.92 bits per heavy atom. The number of nitrogens with one attached hydrogen (secondary N) is 1. The number of carbonyl (C=O) groups excluding carboxylic acids is 1. The molecule has 0 radical (unpaired) electrons. The summed E-state index contributed by atoms with van der Waals surface area (Å²) in [5.41, 5.74) is 3.36. The van der Waals surface area contributed by atoms with Crippen LogP contribution in [0, 0.1) is 0 Å². The van der Waals surface area contributed by atoms with Gasteiger partial charge in [-0.3, -0.25) is 9.69 Å². The second-order valence-corrected chi connectivity index (χ2v) is 6.94. The third-order valence-corrected chi connectivity index (χ3v) is 5.09. The molecule has 0 saturated carbocycles. The lowest BCUT2D eigenvalue weighted by molar-refractivity contribution is -0.129. The van der Waals surface area contributed by atoms with Crippen molar-refractivity contribution in [1.82, 2.24) is 14.8 Å². The van der Waals surface area contributed by atoms with Gasteiger partial charge >= 0.3 is 0 Å². The number of amides is 1. The summed E-state index contributed by atoms with van der Waals surface area (Å²) >= 11 is 5.99. The molecule has 2 heterocycles. The van der Waals surface area contributed by atoms with Crippen LogP contribution in [0.3, 0.4) is 0 Å². The van der Waals surface area contributed by atoms with Gasteiger partial charge in [-0.2, -0.15) is 0 Å². The van der Waals surface area contributed by atoms with Gasteiger partial charge in [0.15, 0.2) is 0 Å². The van der Waals surface area contributed by atoms with Gasteiger partial charge in [-0.25, -0.2) is 0 Å². The van der Waals surface area contributed by atoms with Crippen LogP contribution in [0.4, 0.5) is 0 Å². The van der Waals surface area contributed by atoms with Crippen LogP contribution in [-0.4, -0.2) is 28.5 Å². The zero-order valence-electron chi connectivity index (χ0n) is 14.1. The minimum absolute atomic E-state index is 0.0663. The van der Waals surface area contributed by atoms with Crippen molar-refractivity contribution >= 4 is 28.4 Å². The van der Waals surface area contributed by atoms with Gasteiger partial charge in [0.05, 0.1) is 0 Å². The number of rotatable bonds is 3. The van der Waals surface area contributed by atoms with E-state index in [9.17, 15) is 4.79 Å². The minimum atomic E-state index is -0.282. The number of piperazine rings is 1. The first-order valence-corrected chi connectivity index (χ1v) is 8.81. The highest BCUT2D eigenvalue weighted by molar-refractivity contribution is 6.30. The number of para-hydroxylation sites is 1. The van der Waals surface area contributed by atoms with E-state index in [1.165, 1.54) is 0 Å². The molecule has 0 spiro atoms. The van der Waals surface area contributed by atoms with Crippen molar-refractivity contribution in [2.24, 2.45) is 7.05 Å². The van der Waals surface area contributed by atoms with Crippen LogP contribution in [-0.2, 0) is 18.4 Å². The molecular formula is C20H20ClN3O. The van der Waals surface area contributed by atoms with E-state index >= 15 is 0 Å². The molecule has 1 amide bonds. The topological polar surface area (TPSA) is 37.3 Å². The molecule has 3 aromatic rings. The fourth-order valence-electron chi connectivity index (χ4n) is 3.64. The molecule has 1 aliphatic rings. The quantitative estimate of drug-likeness (QED) is 0.782. The number of benzene rings is 2. The average Bonchev–Trinajstić information content (AvgIpc) is 2.94. The normalized spacial score (nSPS) is 18.5. The van der Waals surface area contributed by atoms with Crippen molar-refractivity contribution in [1.29, 1.82) is 0 Å². The summed E-state index contributed by atoms with van der Waals surface area (Å²) in [6, 6.07) is 15.8. The van der Waals surface area contributed by atoms with Gasteiger partial charge in [0.1, 0.15) is 6.04 Å². The van der Waals surface area contributed by atoms with E-state index in [-0.39, 0.29) is 11.9 Å². The smallest absolute Gasteiger partial charge is 0.242 e. The molecule has 4 nitrogen and oxygen atoms in total. The van der Waals surface area contributed by atoms with Crippen molar-refractivity contribution in [3.63, 3.8) is 0 Å². The summed E-state index contributed by atoms with van der Waals surface area (Å²) < 4.78 is 2.09. The maximum absolute atomic E-state index is 12.7. The molecule has 1 fully saturated rings. The molecule has 1 N–H and O–H groups in total. The second-order valence-electron chi connectivity index (χ2n) is 6.50. The van der Waals surface area contributed by atoms with Crippen LogP contribution in [0.2, 0.25) is 5.02 Å². The predicted molar refractivity (Wildman–Crippen MR) is 101 cm³/mol. The fraction of sp³-hybridized carbons (Fsp3) is 0.250. The Morgan fingerprint density at radius 1 is 1.16 bits per heavy atom. The molecule has 0 aliphatic carbocycles. The molecule has 1 atom stereocenters. The highest BCUT2D eigenvalue weighted by Gasteiger charge is 2.33. The van der Waals surface area contributed by atoms with Crippen molar-refractivity contribution in [3.8, 4) is 0 Å². The summed E-state index contributed by atoms with van der Waals surface area (Å²) in [6.07, 6.45) is 2.08. The van der Waals surface area contributed by atoms with Gasteiger partial charge in [-0.1, -0.05) is 41.9 Å². The summed E-state index contributed by atoms with van der Waals surface area (Å²) in [5.74, 6) is 0.0663. The second kappa shape index (κ2) is 6.54. The maximum atomic E-state index is 12.7. The van der Waals surface area contributed by atoms with Crippen molar-refractivity contribution in [2.75, 3.05) is 13.1 Å². The summed E-state index contributed by atoms with van der Waals surface area (Å²) in [6.45, 7) is 2.22. The van der Waals surface area contributed by atoms with Crippen LogP contribution in [0.5, 0.6) is 0 Å². The number of carbonyl (C=O) groups is 1. The predicted octanol–water partition coefficient (Wildman–Crippen LogP) is 3.50. The monoisotopic (exact) mass is 353 g/mol. The Hall–Kier alpha value is -2.30. The van der Waals surface area contributed by atoms with Crippen molar-refractivity contribution in [2.45, 2.75) is 12.6 Å². The number of aryl methyl sites for hydroxylation is 1. The van der Waals surface area contributed by atoms with Crippen LogP contribution >= 0.6 is 11.6 Å². The van der Waals surface area contributed by atoms with E-state index < -0.39 is 0 Å². The first-order chi connectivity index (χ1) is 12.1. The zero-order valence-corrected chi connectivity index (χ0v) is 14.8. The molecule has 5 heteroatoms. The first kappa shape index (κ1) is 16.2. The van der Waals surface area contributed by atoms with E-state index in [2.05, 4.69) is 33.1 Å². The number of halogens is 1. The standard InChI is InChI=1S/C20H20ClN3O/c1-23-13-17(16-4-2-3-5-18(16)23)19-20(25)22-10-11-24(19)12-14-6-8-15(21)9-7-14/h2-9,13,19H,10-12H2,1H3,(H,22,25). The molecule has 4 rings (SSSR count). The van der Waals surface area contributed by atoms with E-state index in [1.54, 1.807) is 0 Å². The third-order valence-electron chi connectivity index (χ3n) is 4.83. The van der Waals surface area contributed by atoms with Crippen LogP contribution in [0.1, 0.15) is 17.2 Å². The Bertz CT molecular complexity index is 916. The van der Waals surface area contributed by atoms with Gasteiger partial charge in [0.25, 0.3) is 0 Å². The number of aromatic nitrogens is 1. The van der Waals surface area contributed by atoms with Crippen LogP contribution in [0.25, 0.3) is 10.9 Å². The number of nitrogens with zero attached hydrogens (tertiary/aromatic N) is 2. The number of hydrogen-bond donors (Lipinski definition) is 1. The Labute approximate surface area is 152 Å². The van der Waals surface area contributed by atoms with Gasteiger partial charge < -0.3 is 9.88 Å². The fourth-order valence-corrected chi connectivity index (χ4v) is 3.76. The molecule has 0 bridgehead atoms. The molecule has 25 heavy (non-hydrogen) atoms. The van der Waals surface area contributed by atoms with E-state index in [0.29, 0.717) is 6.54 Å². The molecule has 128 valence electrons. The average molecular weight is 354 g/mol.